The van der Waals surface area contributed by atoms with Gasteiger partial charge in [-0.05, 0) is 49.9 Å². The van der Waals surface area contributed by atoms with Crippen LogP contribution in [0.1, 0.15) is 25.7 Å². The van der Waals surface area contributed by atoms with Gasteiger partial charge < -0.3 is 14.8 Å². The number of ether oxygens (including phenoxy) is 2. The van der Waals surface area contributed by atoms with Crippen LogP contribution in [0.2, 0.25) is 5.02 Å². The molecule has 1 saturated carbocycles. The number of aromatic nitrogens is 2. The minimum atomic E-state index is -3.23. The minimum absolute atomic E-state index is 0.00465. The molecule has 176 valence electrons. The molecule has 0 spiro atoms. The molecule has 2 aromatic carbocycles. The van der Waals surface area contributed by atoms with Crippen LogP contribution >= 0.6 is 11.6 Å². The van der Waals surface area contributed by atoms with Gasteiger partial charge in [0.1, 0.15) is 18.0 Å². The molecular weight excluding hydrogens is 471 g/mol. The third kappa shape index (κ3) is 5.82. The number of hydrogen-bond donors (Lipinski definition) is 2. The van der Waals surface area contributed by atoms with Gasteiger partial charge in [0.15, 0.2) is 11.5 Å². The first kappa shape index (κ1) is 23.5. The number of benzene rings is 2. The number of anilines is 2. The zero-order chi connectivity index (χ0) is 23.6. The van der Waals surface area contributed by atoms with Gasteiger partial charge in [0.25, 0.3) is 0 Å². The Hall–Kier alpha value is -2.69. The van der Waals surface area contributed by atoms with Gasteiger partial charge in [0.2, 0.25) is 10.0 Å². The second-order valence-electron chi connectivity index (χ2n) is 7.98. The van der Waals surface area contributed by atoms with Gasteiger partial charge in [-0.2, -0.15) is 0 Å². The van der Waals surface area contributed by atoms with Gasteiger partial charge in [-0.15, -0.1) is 0 Å². The molecule has 3 aromatic rings. The molecule has 1 aliphatic carbocycles. The molecule has 33 heavy (non-hydrogen) atoms. The molecule has 0 radical (unpaired) electrons. The summed E-state index contributed by atoms with van der Waals surface area (Å²) in [6.07, 6.45) is 5.31. The van der Waals surface area contributed by atoms with Crippen molar-refractivity contribution in [3.63, 3.8) is 0 Å². The van der Waals surface area contributed by atoms with Crippen LogP contribution < -0.4 is 19.5 Å². The number of fused-ring (bicyclic) bond motifs is 1. The highest BCUT2D eigenvalue weighted by molar-refractivity contribution is 7.88. The van der Waals surface area contributed by atoms with E-state index in [1.165, 1.54) is 24.7 Å². The summed E-state index contributed by atoms with van der Waals surface area (Å²) >= 11 is 5.90. The Labute approximate surface area is 196 Å². The lowest BCUT2D eigenvalue weighted by molar-refractivity contribution is 0.140. The number of hydrogen-bond acceptors (Lipinski definition) is 7. The molecule has 8 nitrogen and oxygen atoms in total. The lowest BCUT2D eigenvalue weighted by atomic mass is 9.93. The monoisotopic (exact) mass is 494 g/mol. The van der Waals surface area contributed by atoms with Gasteiger partial charge in [0, 0.05) is 23.2 Å². The van der Waals surface area contributed by atoms with E-state index < -0.39 is 15.8 Å². The summed E-state index contributed by atoms with van der Waals surface area (Å²) < 4.78 is 50.9. The zero-order valence-corrected chi connectivity index (χ0v) is 19.7. The van der Waals surface area contributed by atoms with E-state index in [4.69, 9.17) is 21.1 Å². The Bertz CT molecular complexity index is 1270. The molecule has 1 heterocycles. The predicted molar refractivity (Wildman–Crippen MR) is 125 cm³/mol. The average molecular weight is 495 g/mol. The Morgan fingerprint density at radius 1 is 1.09 bits per heavy atom. The summed E-state index contributed by atoms with van der Waals surface area (Å²) in [5.74, 6) is 1.08. The normalized spacial score (nSPS) is 18.8. The fraction of sp³-hybridized carbons (Fsp3) is 0.364. The Morgan fingerprint density at radius 3 is 2.52 bits per heavy atom. The minimum Gasteiger partial charge on any atom is -0.493 e. The lowest BCUT2D eigenvalue weighted by Gasteiger charge is -2.29. The van der Waals surface area contributed by atoms with Crippen LogP contribution in [-0.2, 0) is 10.0 Å². The molecule has 0 unspecified atom stereocenters. The van der Waals surface area contributed by atoms with E-state index in [1.54, 1.807) is 19.2 Å². The van der Waals surface area contributed by atoms with Crippen LogP contribution in [-0.4, -0.2) is 43.9 Å². The molecule has 1 fully saturated rings. The summed E-state index contributed by atoms with van der Waals surface area (Å²) in [6.45, 7) is 0. The number of nitrogens with one attached hydrogen (secondary N) is 2. The standard InChI is InChI=1S/C22H24ClFN4O4S/c1-31-20-11-19-16(22(26-12-25-19)27-14-5-8-18(24)17(23)9-14)10-21(20)32-15-6-3-13(4-7-15)28-33(2,29)30/h5,8-13,15,28H,3-4,6-7H2,1-2H3,(H,25,26,27). The van der Waals surface area contributed by atoms with Crippen molar-refractivity contribution >= 4 is 44.0 Å². The fourth-order valence-electron chi connectivity index (χ4n) is 3.91. The van der Waals surface area contributed by atoms with E-state index in [-0.39, 0.29) is 17.2 Å². The first-order chi connectivity index (χ1) is 15.7. The highest BCUT2D eigenvalue weighted by Crippen LogP contribution is 2.37. The van der Waals surface area contributed by atoms with Crippen molar-refractivity contribution < 1.29 is 22.3 Å². The Morgan fingerprint density at radius 2 is 1.85 bits per heavy atom. The highest BCUT2D eigenvalue weighted by Gasteiger charge is 2.25. The quantitative estimate of drug-likeness (QED) is 0.501. The largest absolute Gasteiger partial charge is 0.493 e. The molecule has 2 N–H and O–H groups in total. The maximum absolute atomic E-state index is 13.5. The van der Waals surface area contributed by atoms with Gasteiger partial charge in [-0.1, -0.05) is 11.6 Å². The average Bonchev–Trinajstić information content (AvgIpc) is 2.76. The van der Waals surface area contributed by atoms with Gasteiger partial charge in [-0.3, -0.25) is 0 Å². The number of nitrogens with zero attached hydrogens (tertiary/aromatic N) is 2. The first-order valence-electron chi connectivity index (χ1n) is 10.4. The molecule has 11 heteroatoms. The highest BCUT2D eigenvalue weighted by atomic mass is 35.5. The van der Waals surface area contributed by atoms with E-state index in [9.17, 15) is 12.8 Å². The van der Waals surface area contributed by atoms with Crippen LogP contribution in [0.25, 0.3) is 10.9 Å². The van der Waals surface area contributed by atoms with Crippen molar-refractivity contribution in [1.82, 2.24) is 14.7 Å². The van der Waals surface area contributed by atoms with Crippen molar-refractivity contribution in [2.24, 2.45) is 0 Å². The molecule has 0 atom stereocenters. The van der Waals surface area contributed by atoms with E-state index in [0.29, 0.717) is 59.6 Å². The Balaban J connectivity index is 1.57. The van der Waals surface area contributed by atoms with Gasteiger partial charge in [-0.25, -0.2) is 27.5 Å². The van der Waals surface area contributed by atoms with E-state index >= 15 is 0 Å². The second kappa shape index (κ2) is 9.66. The van der Waals surface area contributed by atoms with Crippen molar-refractivity contribution in [3.8, 4) is 11.5 Å². The number of rotatable bonds is 7. The third-order valence-electron chi connectivity index (χ3n) is 5.45. The van der Waals surface area contributed by atoms with E-state index in [0.717, 1.165) is 0 Å². The van der Waals surface area contributed by atoms with Crippen LogP contribution in [0.15, 0.2) is 36.7 Å². The molecule has 0 aliphatic heterocycles. The summed E-state index contributed by atoms with van der Waals surface area (Å²) in [5, 5.41) is 3.85. The van der Waals surface area contributed by atoms with E-state index in [2.05, 4.69) is 20.0 Å². The SMILES string of the molecule is COc1cc2ncnc(Nc3ccc(F)c(Cl)c3)c2cc1OC1CCC(NS(C)(=O)=O)CC1. The van der Waals surface area contributed by atoms with Gasteiger partial charge in [0.05, 0.1) is 30.0 Å². The topological polar surface area (TPSA) is 102 Å². The molecule has 0 amide bonds. The van der Waals surface area contributed by atoms with E-state index in [1.807, 2.05) is 6.07 Å². The first-order valence-corrected chi connectivity index (χ1v) is 12.7. The fourth-order valence-corrected chi connectivity index (χ4v) is 4.93. The summed E-state index contributed by atoms with van der Waals surface area (Å²) in [6, 6.07) is 7.83. The molecule has 0 bridgehead atoms. The molecule has 1 aliphatic rings. The summed E-state index contributed by atoms with van der Waals surface area (Å²) in [7, 11) is -1.67. The van der Waals surface area contributed by atoms with Crippen LogP contribution in [0, 0.1) is 5.82 Å². The second-order valence-corrected chi connectivity index (χ2v) is 10.2. The number of methoxy groups -OCH3 is 1. The maximum atomic E-state index is 13.5. The maximum Gasteiger partial charge on any atom is 0.208 e. The molecule has 0 saturated heterocycles. The smallest absolute Gasteiger partial charge is 0.208 e. The Kier molecular flexibility index (Phi) is 6.87. The van der Waals surface area contributed by atoms with Crippen molar-refractivity contribution in [1.29, 1.82) is 0 Å². The molecule has 4 rings (SSSR count). The summed E-state index contributed by atoms with van der Waals surface area (Å²) in [5.41, 5.74) is 1.22. The zero-order valence-electron chi connectivity index (χ0n) is 18.1. The van der Waals surface area contributed by atoms with Crippen molar-refractivity contribution in [2.75, 3.05) is 18.7 Å². The third-order valence-corrected chi connectivity index (χ3v) is 6.50. The van der Waals surface area contributed by atoms with Crippen molar-refractivity contribution in [2.45, 2.75) is 37.8 Å². The number of halogens is 2. The molecular formula is C22H24ClFN4O4S. The van der Waals surface area contributed by atoms with Gasteiger partial charge >= 0.3 is 0 Å². The number of sulfonamides is 1. The predicted octanol–water partition coefficient (Wildman–Crippen LogP) is 4.41. The van der Waals surface area contributed by atoms with Crippen LogP contribution in [0.4, 0.5) is 15.9 Å². The van der Waals surface area contributed by atoms with Crippen LogP contribution in [0.5, 0.6) is 11.5 Å². The lowest BCUT2D eigenvalue weighted by Crippen LogP contribution is -2.39. The molecule has 1 aromatic heterocycles. The van der Waals surface area contributed by atoms with Crippen LogP contribution in [0.3, 0.4) is 0 Å². The van der Waals surface area contributed by atoms with Crippen molar-refractivity contribution in [3.05, 3.63) is 47.5 Å². The summed E-state index contributed by atoms with van der Waals surface area (Å²) in [4.78, 5) is 8.64.